The fourth-order valence-corrected chi connectivity index (χ4v) is 3.78. The zero-order valence-corrected chi connectivity index (χ0v) is 13.3. The Balaban J connectivity index is 1.87. The molecule has 3 rings (SSSR count). The largest absolute Gasteiger partial charge is 0.497 e. The minimum Gasteiger partial charge on any atom is -0.497 e. The number of methoxy groups -OCH3 is 1. The van der Waals surface area contributed by atoms with E-state index in [1.54, 1.807) is 31.3 Å². The van der Waals surface area contributed by atoms with Gasteiger partial charge in [-0.05, 0) is 35.4 Å². The molecule has 1 fully saturated rings. The maximum atomic E-state index is 12.4. The van der Waals surface area contributed by atoms with Crippen LogP contribution in [-0.4, -0.2) is 28.7 Å². The Kier molecular flexibility index (Phi) is 4.63. The number of carbonyl (C=O) groups excluding carboxylic acids is 1. The molecule has 0 N–H and O–H groups in total. The van der Waals surface area contributed by atoms with Gasteiger partial charge in [0.05, 0.1) is 7.11 Å². The van der Waals surface area contributed by atoms with Crippen LogP contribution in [0.1, 0.15) is 22.9 Å². The molecule has 5 heteroatoms. The summed E-state index contributed by atoms with van der Waals surface area (Å²) in [5.74, 6) is 1.87. The first-order valence-corrected chi connectivity index (χ1v) is 8.27. The highest BCUT2D eigenvalue weighted by Crippen LogP contribution is 2.39. The van der Waals surface area contributed by atoms with E-state index in [1.165, 1.54) is 0 Å². The van der Waals surface area contributed by atoms with Gasteiger partial charge in [0.25, 0.3) is 0 Å². The molecule has 0 saturated carbocycles. The number of pyridine rings is 1. The summed E-state index contributed by atoms with van der Waals surface area (Å²) in [4.78, 5) is 18.4. The molecule has 4 nitrogen and oxygen atoms in total. The van der Waals surface area contributed by atoms with Crippen molar-refractivity contribution < 1.29 is 9.53 Å². The van der Waals surface area contributed by atoms with Gasteiger partial charge in [0, 0.05) is 31.1 Å². The van der Waals surface area contributed by atoms with Crippen LogP contribution in [0, 0.1) is 0 Å². The van der Waals surface area contributed by atoms with E-state index in [4.69, 9.17) is 4.74 Å². The Hall–Kier alpha value is -2.01. The Bertz CT molecular complexity index is 648. The zero-order chi connectivity index (χ0) is 15.4. The highest BCUT2D eigenvalue weighted by Gasteiger charge is 2.30. The molecule has 0 radical (unpaired) electrons. The summed E-state index contributed by atoms with van der Waals surface area (Å²) in [6.07, 6.45) is 4.12. The molecule has 1 aromatic heterocycles. The van der Waals surface area contributed by atoms with Crippen molar-refractivity contribution in [1.82, 2.24) is 9.88 Å². The maximum Gasteiger partial charge on any atom is 0.224 e. The monoisotopic (exact) mass is 314 g/mol. The van der Waals surface area contributed by atoms with Crippen molar-refractivity contribution in [3.63, 3.8) is 0 Å². The van der Waals surface area contributed by atoms with Crippen LogP contribution in [0.15, 0.2) is 48.8 Å². The summed E-state index contributed by atoms with van der Waals surface area (Å²) < 4.78 is 5.31. The molecule has 1 saturated heterocycles. The van der Waals surface area contributed by atoms with Gasteiger partial charge in [0.2, 0.25) is 5.91 Å². The molecule has 1 aromatic carbocycles. The van der Waals surface area contributed by atoms with E-state index < -0.39 is 0 Å². The number of thioether (sulfide) groups is 1. The fraction of sp³-hybridized carbons (Fsp3) is 0.294. The van der Waals surface area contributed by atoms with Gasteiger partial charge in [-0.1, -0.05) is 12.1 Å². The van der Waals surface area contributed by atoms with Gasteiger partial charge in [-0.25, -0.2) is 0 Å². The summed E-state index contributed by atoms with van der Waals surface area (Å²) in [6, 6.07) is 11.9. The summed E-state index contributed by atoms with van der Waals surface area (Å²) in [6.45, 7) is 0.607. The third-order valence-corrected chi connectivity index (χ3v) is 4.96. The van der Waals surface area contributed by atoms with E-state index in [2.05, 4.69) is 11.1 Å². The Labute approximate surface area is 134 Å². The van der Waals surface area contributed by atoms with E-state index >= 15 is 0 Å². The van der Waals surface area contributed by atoms with Crippen molar-refractivity contribution in [3.05, 3.63) is 59.9 Å². The molecule has 0 bridgehead atoms. The van der Waals surface area contributed by atoms with Gasteiger partial charge in [0.1, 0.15) is 11.1 Å². The second kappa shape index (κ2) is 6.83. The number of aromatic nitrogens is 1. The molecule has 1 aliphatic rings. The first-order chi connectivity index (χ1) is 10.8. The van der Waals surface area contributed by atoms with Crippen LogP contribution in [0.2, 0.25) is 0 Å². The van der Waals surface area contributed by atoms with E-state index in [1.807, 2.05) is 35.2 Å². The number of rotatable bonds is 4. The second-order valence-corrected chi connectivity index (χ2v) is 6.31. The molecule has 2 aromatic rings. The van der Waals surface area contributed by atoms with Crippen LogP contribution in [0.4, 0.5) is 0 Å². The summed E-state index contributed by atoms with van der Waals surface area (Å²) in [5, 5.41) is 0.0320. The first kappa shape index (κ1) is 14.9. The molecule has 0 aliphatic carbocycles. The normalized spacial score (nSPS) is 18.3. The minimum absolute atomic E-state index is 0.0320. The number of hydrogen-bond acceptors (Lipinski definition) is 4. The van der Waals surface area contributed by atoms with Crippen molar-refractivity contribution in [2.45, 2.75) is 18.3 Å². The summed E-state index contributed by atoms with van der Waals surface area (Å²) >= 11 is 1.80. The summed E-state index contributed by atoms with van der Waals surface area (Å²) in [5.41, 5.74) is 2.20. The third kappa shape index (κ3) is 3.25. The lowest BCUT2D eigenvalue weighted by Crippen LogP contribution is -2.36. The molecule has 1 atom stereocenters. The molecule has 0 spiro atoms. The Morgan fingerprint density at radius 2 is 2.14 bits per heavy atom. The molecule has 2 heterocycles. The van der Waals surface area contributed by atoms with Crippen molar-refractivity contribution >= 4 is 17.7 Å². The SMILES string of the molecule is COc1cccc(C2SCCC(=O)N2Cc2ccncc2)c1. The van der Waals surface area contributed by atoms with E-state index in [-0.39, 0.29) is 11.3 Å². The zero-order valence-electron chi connectivity index (χ0n) is 12.4. The first-order valence-electron chi connectivity index (χ1n) is 7.22. The minimum atomic E-state index is 0.0320. The number of ether oxygens (including phenoxy) is 1. The fourth-order valence-electron chi connectivity index (χ4n) is 2.55. The molecular formula is C17H18N2O2S. The Morgan fingerprint density at radius 1 is 1.32 bits per heavy atom. The number of nitrogens with zero attached hydrogens (tertiary/aromatic N) is 2. The van der Waals surface area contributed by atoms with Crippen molar-refractivity contribution in [2.75, 3.05) is 12.9 Å². The smallest absolute Gasteiger partial charge is 0.224 e. The van der Waals surface area contributed by atoms with E-state index in [0.717, 1.165) is 22.6 Å². The van der Waals surface area contributed by atoms with Gasteiger partial charge in [-0.3, -0.25) is 9.78 Å². The third-order valence-electron chi connectivity index (χ3n) is 3.68. The Morgan fingerprint density at radius 3 is 2.91 bits per heavy atom. The average molecular weight is 314 g/mol. The van der Waals surface area contributed by atoms with Gasteiger partial charge in [-0.15, -0.1) is 11.8 Å². The molecular weight excluding hydrogens is 296 g/mol. The van der Waals surface area contributed by atoms with Crippen molar-refractivity contribution in [2.24, 2.45) is 0 Å². The average Bonchev–Trinajstić information content (AvgIpc) is 2.58. The number of carbonyl (C=O) groups is 1. The number of benzene rings is 1. The van der Waals surface area contributed by atoms with E-state index in [9.17, 15) is 4.79 Å². The highest BCUT2D eigenvalue weighted by atomic mass is 32.2. The van der Waals surface area contributed by atoms with Crippen LogP contribution in [-0.2, 0) is 11.3 Å². The molecule has 1 unspecified atom stereocenters. The molecule has 114 valence electrons. The van der Waals surface area contributed by atoms with Gasteiger partial charge in [0.15, 0.2) is 0 Å². The standard InChI is InChI=1S/C17H18N2O2S/c1-21-15-4-2-3-14(11-15)17-19(16(20)7-10-22-17)12-13-5-8-18-9-6-13/h2-6,8-9,11,17H,7,10,12H2,1H3. The molecule has 1 amide bonds. The van der Waals surface area contributed by atoms with Crippen LogP contribution in [0.25, 0.3) is 0 Å². The lowest BCUT2D eigenvalue weighted by molar-refractivity contribution is -0.132. The van der Waals surface area contributed by atoms with Gasteiger partial charge >= 0.3 is 0 Å². The predicted octanol–water partition coefficient (Wildman–Crippen LogP) is 3.25. The van der Waals surface area contributed by atoms with Crippen molar-refractivity contribution in [1.29, 1.82) is 0 Å². The maximum absolute atomic E-state index is 12.4. The quantitative estimate of drug-likeness (QED) is 0.869. The topological polar surface area (TPSA) is 42.4 Å². The number of hydrogen-bond donors (Lipinski definition) is 0. The van der Waals surface area contributed by atoms with Crippen LogP contribution in [0.5, 0.6) is 5.75 Å². The molecule has 1 aliphatic heterocycles. The van der Waals surface area contributed by atoms with Gasteiger partial charge < -0.3 is 9.64 Å². The van der Waals surface area contributed by atoms with Gasteiger partial charge in [-0.2, -0.15) is 0 Å². The van der Waals surface area contributed by atoms with Crippen LogP contribution >= 0.6 is 11.8 Å². The molecule has 22 heavy (non-hydrogen) atoms. The summed E-state index contributed by atoms with van der Waals surface area (Å²) in [7, 11) is 1.66. The van der Waals surface area contributed by atoms with Crippen LogP contribution < -0.4 is 4.74 Å². The van der Waals surface area contributed by atoms with E-state index in [0.29, 0.717) is 13.0 Å². The lowest BCUT2D eigenvalue weighted by atomic mass is 10.1. The lowest BCUT2D eigenvalue weighted by Gasteiger charge is -2.35. The second-order valence-electron chi connectivity index (χ2n) is 5.13. The highest BCUT2D eigenvalue weighted by molar-refractivity contribution is 7.99. The van der Waals surface area contributed by atoms with Crippen LogP contribution in [0.3, 0.4) is 0 Å². The van der Waals surface area contributed by atoms with Crippen molar-refractivity contribution in [3.8, 4) is 5.75 Å². The predicted molar refractivity (Wildman–Crippen MR) is 87.6 cm³/mol. The number of amides is 1.